The highest BCUT2D eigenvalue weighted by Gasteiger charge is 2.35. The molecule has 1 aromatic rings. The first-order valence-corrected chi connectivity index (χ1v) is 14.2. The lowest BCUT2D eigenvalue weighted by Gasteiger charge is -2.41. The summed E-state index contributed by atoms with van der Waals surface area (Å²) in [7, 11) is 0. The zero-order valence-electron chi connectivity index (χ0n) is 21.8. The molecule has 2 saturated carbocycles. The van der Waals surface area contributed by atoms with Crippen LogP contribution < -0.4 is 0 Å². The molecule has 3 fully saturated rings. The van der Waals surface area contributed by atoms with Gasteiger partial charge < -0.3 is 9.47 Å². The molecule has 3 aliphatic rings. The van der Waals surface area contributed by atoms with E-state index in [1.807, 2.05) is 6.08 Å². The summed E-state index contributed by atoms with van der Waals surface area (Å²) in [5.74, 6) is 3.73. The van der Waals surface area contributed by atoms with Crippen molar-refractivity contribution < 1.29 is 18.3 Å². The molecule has 198 valence electrons. The van der Waals surface area contributed by atoms with Crippen LogP contribution in [0.25, 0.3) is 0 Å². The molecule has 0 spiro atoms. The fourth-order valence-electron chi connectivity index (χ4n) is 6.65. The van der Waals surface area contributed by atoms with Gasteiger partial charge in [0.25, 0.3) is 6.08 Å². The maximum absolute atomic E-state index is 12.2. The summed E-state index contributed by atoms with van der Waals surface area (Å²) in [6, 6.07) is 8.73. The molecule has 2 nitrogen and oxygen atoms in total. The molecule has 1 heterocycles. The van der Waals surface area contributed by atoms with Crippen molar-refractivity contribution in [3.8, 4) is 0 Å². The SMILES string of the molecule is C=CCC/C=C/C1OCC(C2CCC(C3CCC(c4ccc(CCC=C(F)F)cc4)CC3)CC2)CO1. The smallest absolute Gasteiger partial charge is 0.266 e. The number of allylic oxidation sites excluding steroid dienone is 3. The third-order valence-corrected chi connectivity index (χ3v) is 8.88. The first-order valence-electron chi connectivity index (χ1n) is 14.2. The zero-order valence-corrected chi connectivity index (χ0v) is 21.8. The van der Waals surface area contributed by atoms with E-state index in [0.29, 0.717) is 24.7 Å². The predicted octanol–water partition coefficient (Wildman–Crippen LogP) is 8.99. The van der Waals surface area contributed by atoms with E-state index < -0.39 is 6.08 Å². The third kappa shape index (κ3) is 8.11. The molecule has 1 aliphatic heterocycles. The summed E-state index contributed by atoms with van der Waals surface area (Å²) in [4.78, 5) is 0. The maximum atomic E-state index is 12.2. The summed E-state index contributed by atoms with van der Waals surface area (Å²) < 4.78 is 36.4. The Balaban J connectivity index is 1.14. The summed E-state index contributed by atoms with van der Waals surface area (Å²) in [5, 5.41) is 0. The number of rotatable bonds is 10. The molecule has 36 heavy (non-hydrogen) atoms. The highest BCUT2D eigenvalue weighted by atomic mass is 19.3. The zero-order chi connectivity index (χ0) is 25.2. The Morgan fingerprint density at radius 1 is 0.778 bits per heavy atom. The van der Waals surface area contributed by atoms with Gasteiger partial charge in [0, 0.05) is 5.92 Å². The molecule has 0 unspecified atom stereocenters. The Morgan fingerprint density at radius 2 is 1.36 bits per heavy atom. The Labute approximate surface area is 216 Å². The molecule has 1 aromatic carbocycles. The fraction of sp³-hybridized carbons (Fsp3) is 0.625. The predicted molar refractivity (Wildman–Crippen MR) is 143 cm³/mol. The van der Waals surface area contributed by atoms with Crippen LogP contribution >= 0.6 is 0 Å². The average molecular weight is 499 g/mol. The molecule has 2 aliphatic carbocycles. The lowest BCUT2D eigenvalue weighted by atomic mass is 9.67. The van der Waals surface area contributed by atoms with Crippen LogP contribution in [0.1, 0.15) is 87.7 Å². The molecule has 1 saturated heterocycles. The molecule has 0 bridgehead atoms. The molecule has 4 heteroatoms. The molecule has 0 N–H and O–H groups in total. The molecular formula is C32H44F2O2. The fourth-order valence-corrected chi connectivity index (χ4v) is 6.65. The molecule has 0 amide bonds. The van der Waals surface area contributed by atoms with E-state index >= 15 is 0 Å². The van der Waals surface area contributed by atoms with Gasteiger partial charge in [0.1, 0.15) is 0 Å². The van der Waals surface area contributed by atoms with Gasteiger partial charge in [0.2, 0.25) is 0 Å². The second kappa shape index (κ2) is 14.2. The van der Waals surface area contributed by atoms with Crippen LogP contribution in [-0.2, 0) is 15.9 Å². The Morgan fingerprint density at radius 3 is 1.94 bits per heavy atom. The third-order valence-electron chi connectivity index (χ3n) is 8.88. The number of hydrogen-bond donors (Lipinski definition) is 0. The van der Waals surface area contributed by atoms with Crippen LogP contribution in [0.5, 0.6) is 0 Å². The van der Waals surface area contributed by atoms with Crippen LogP contribution in [0, 0.1) is 23.7 Å². The molecule has 0 atom stereocenters. The number of aryl methyl sites for hydroxylation is 1. The van der Waals surface area contributed by atoms with Crippen LogP contribution in [-0.4, -0.2) is 19.5 Å². The largest absolute Gasteiger partial charge is 0.349 e. The van der Waals surface area contributed by atoms with E-state index in [0.717, 1.165) is 55.4 Å². The first-order chi connectivity index (χ1) is 17.6. The highest BCUT2D eigenvalue weighted by molar-refractivity contribution is 5.26. The van der Waals surface area contributed by atoms with Crippen molar-refractivity contribution in [3.05, 3.63) is 72.4 Å². The van der Waals surface area contributed by atoms with Crippen LogP contribution in [0.15, 0.2) is 61.2 Å². The Bertz CT molecular complexity index is 833. The van der Waals surface area contributed by atoms with Crippen molar-refractivity contribution in [3.63, 3.8) is 0 Å². The number of halogens is 2. The van der Waals surface area contributed by atoms with E-state index in [1.165, 1.54) is 56.9 Å². The topological polar surface area (TPSA) is 18.5 Å². The number of benzene rings is 1. The van der Waals surface area contributed by atoms with E-state index in [9.17, 15) is 8.78 Å². The maximum Gasteiger partial charge on any atom is 0.266 e. The van der Waals surface area contributed by atoms with Crippen molar-refractivity contribution in [2.75, 3.05) is 13.2 Å². The van der Waals surface area contributed by atoms with E-state index in [2.05, 4.69) is 43.0 Å². The number of unbranched alkanes of at least 4 members (excludes halogenated alkanes) is 1. The second-order valence-electron chi connectivity index (χ2n) is 11.1. The van der Waals surface area contributed by atoms with Gasteiger partial charge in [-0.3, -0.25) is 0 Å². The lowest BCUT2D eigenvalue weighted by molar-refractivity contribution is -0.186. The number of hydrogen-bond acceptors (Lipinski definition) is 2. The van der Waals surface area contributed by atoms with Gasteiger partial charge >= 0.3 is 0 Å². The van der Waals surface area contributed by atoms with Crippen LogP contribution in [0.3, 0.4) is 0 Å². The quantitative estimate of drug-likeness (QED) is 0.237. The van der Waals surface area contributed by atoms with Crippen molar-refractivity contribution in [1.29, 1.82) is 0 Å². The van der Waals surface area contributed by atoms with E-state index in [4.69, 9.17) is 9.47 Å². The van der Waals surface area contributed by atoms with E-state index in [1.54, 1.807) is 0 Å². The molecule has 0 aromatic heterocycles. The van der Waals surface area contributed by atoms with Gasteiger partial charge in [-0.25, -0.2) is 0 Å². The van der Waals surface area contributed by atoms with E-state index in [-0.39, 0.29) is 6.29 Å². The normalized spacial score (nSPS) is 31.3. The lowest BCUT2D eigenvalue weighted by Crippen LogP contribution is -2.37. The second-order valence-corrected chi connectivity index (χ2v) is 11.1. The van der Waals surface area contributed by atoms with Crippen molar-refractivity contribution in [2.24, 2.45) is 23.7 Å². The first kappa shape index (κ1) is 27.3. The van der Waals surface area contributed by atoms with Crippen LogP contribution in [0.2, 0.25) is 0 Å². The van der Waals surface area contributed by atoms with Gasteiger partial charge in [0.05, 0.1) is 13.2 Å². The summed E-state index contributed by atoms with van der Waals surface area (Å²) in [5.41, 5.74) is 2.57. The Kier molecular flexibility index (Phi) is 10.8. The minimum absolute atomic E-state index is 0.170. The standard InChI is InChI=1S/C32H44F2O2/c1-2-3-4-5-9-32-35-22-30(23-36-32)29-20-18-28(19-21-29)27-16-14-26(15-17-27)25-12-10-24(11-13-25)7-6-8-31(33)34/h2,5,8-13,26-30,32H,1,3-4,6-7,14-23H2/b9-5+. The van der Waals surface area contributed by atoms with Crippen molar-refractivity contribution in [2.45, 2.75) is 89.3 Å². The molecular weight excluding hydrogens is 454 g/mol. The van der Waals surface area contributed by atoms with Gasteiger partial charge in [-0.15, -0.1) is 6.58 Å². The van der Waals surface area contributed by atoms with Gasteiger partial charge in [-0.2, -0.15) is 8.78 Å². The summed E-state index contributed by atoms with van der Waals surface area (Å²) in [6.45, 7) is 5.42. The van der Waals surface area contributed by atoms with Gasteiger partial charge in [-0.05, 0) is 124 Å². The van der Waals surface area contributed by atoms with Crippen molar-refractivity contribution in [1.82, 2.24) is 0 Å². The average Bonchev–Trinajstić information content (AvgIpc) is 2.92. The van der Waals surface area contributed by atoms with Crippen molar-refractivity contribution >= 4 is 0 Å². The molecule has 4 rings (SSSR count). The Hall–Kier alpha value is -1.78. The van der Waals surface area contributed by atoms with Gasteiger partial charge in [0.15, 0.2) is 6.29 Å². The monoisotopic (exact) mass is 498 g/mol. The summed E-state index contributed by atoms with van der Waals surface area (Å²) in [6.07, 6.45) is 19.1. The highest BCUT2D eigenvalue weighted by Crippen LogP contribution is 2.45. The van der Waals surface area contributed by atoms with Gasteiger partial charge in [-0.1, -0.05) is 36.4 Å². The minimum atomic E-state index is -1.58. The molecule has 0 radical (unpaired) electrons. The minimum Gasteiger partial charge on any atom is -0.349 e. The number of ether oxygens (including phenoxy) is 2. The summed E-state index contributed by atoms with van der Waals surface area (Å²) >= 11 is 0. The van der Waals surface area contributed by atoms with Crippen LogP contribution in [0.4, 0.5) is 8.78 Å².